The quantitative estimate of drug-likeness (QED) is 0.574. The number of rotatable bonds is 5. The number of aldehydes is 1. The van der Waals surface area contributed by atoms with Crippen molar-refractivity contribution < 1.29 is 9.59 Å². The zero-order valence-electron chi connectivity index (χ0n) is 10.6. The number of carbonyl (C=O) groups is 2. The first-order chi connectivity index (χ1) is 8.01. The van der Waals surface area contributed by atoms with Gasteiger partial charge in [0, 0.05) is 6.42 Å². The predicted molar refractivity (Wildman–Crippen MR) is 69.6 cm³/mol. The van der Waals surface area contributed by atoms with E-state index >= 15 is 0 Å². The number of allylic oxidation sites excluding steroid dienone is 2. The zero-order valence-corrected chi connectivity index (χ0v) is 10.6. The van der Waals surface area contributed by atoms with Gasteiger partial charge in [-0.05, 0) is 31.9 Å². The summed E-state index contributed by atoms with van der Waals surface area (Å²) in [6, 6.07) is 9.75. The number of Topliss-reactive ketones (excluding diaryl/α,β-unsaturated/α-hetero) is 1. The number of ketones is 1. The summed E-state index contributed by atoms with van der Waals surface area (Å²) in [5.74, 6) is -0.0514. The third-order valence-corrected chi connectivity index (χ3v) is 2.86. The molecule has 0 aliphatic carbocycles. The Labute approximate surface area is 102 Å². The molecule has 0 amide bonds. The van der Waals surface area contributed by atoms with E-state index in [9.17, 15) is 9.59 Å². The summed E-state index contributed by atoms with van der Waals surface area (Å²) in [6.07, 6.45) is 2.94. The minimum Gasteiger partial charge on any atom is -0.302 e. The summed E-state index contributed by atoms with van der Waals surface area (Å²) >= 11 is 0. The zero-order chi connectivity index (χ0) is 12.9. The highest BCUT2D eigenvalue weighted by molar-refractivity contribution is 6.02. The minimum absolute atomic E-state index is 0.0514. The largest absolute Gasteiger partial charge is 0.302 e. The topological polar surface area (TPSA) is 34.1 Å². The second kappa shape index (κ2) is 5.58. The van der Waals surface area contributed by atoms with Crippen LogP contribution < -0.4 is 0 Å². The van der Waals surface area contributed by atoms with Gasteiger partial charge >= 0.3 is 0 Å². The highest BCUT2D eigenvalue weighted by Crippen LogP contribution is 2.24. The Kier molecular flexibility index (Phi) is 4.38. The maximum atomic E-state index is 12.0. The Hall–Kier alpha value is -1.70. The van der Waals surface area contributed by atoms with Gasteiger partial charge in [-0.15, -0.1) is 0 Å². The van der Waals surface area contributed by atoms with Gasteiger partial charge in [0.1, 0.15) is 12.1 Å². The van der Waals surface area contributed by atoms with Gasteiger partial charge < -0.3 is 4.79 Å². The van der Waals surface area contributed by atoms with Crippen molar-refractivity contribution in [1.29, 1.82) is 0 Å². The van der Waals surface area contributed by atoms with Crippen molar-refractivity contribution in [3.05, 3.63) is 42.0 Å². The smallest absolute Gasteiger partial charge is 0.149 e. The molecule has 90 valence electrons. The van der Waals surface area contributed by atoms with Crippen molar-refractivity contribution in [1.82, 2.24) is 0 Å². The molecule has 0 saturated heterocycles. The molecule has 0 aliphatic heterocycles. The maximum absolute atomic E-state index is 12.0. The lowest BCUT2D eigenvalue weighted by Gasteiger charge is -2.16. The van der Waals surface area contributed by atoms with E-state index in [4.69, 9.17) is 0 Å². The van der Waals surface area contributed by atoms with E-state index in [0.717, 1.165) is 11.1 Å². The van der Waals surface area contributed by atoms with Crippen LogP contribution in [0.1, 0.15) is 32.8 Å². The molecule has 0 bridgehead atoms. The Balaban J connectivity index is 2.87. The molecular weight excluding hydrogens is 212 g/mol. The summed E-state index contributed by atoms with van der Waals surface area (Å²) in [5, 5.41) is 0. The van der Waals surface area contributed by atoms with Crippen LogP contribution in [0.25, 0.3) is 5.57 Å². The number of carbonyl (C=O) groups excluding carboxylic acids is 2. The van der Waals surface area contributed by atoms with Crippen LogP contribution in [0.5, 0.6) is 0 Å². The molecule has 2 nitrogen and oxygen atoms in total. The molecule has 0 unspecified atom stereocenters. The summed E-state index contributed by atoms with van der Waals surface area (Å²) in [5.41, 5.74) is 1.10. The standard InChI is InChI=1S/C15H18O2/c1-4-12(13-8-6-5-7-9-13)10-14(17)15(2,3)11-16/h4-9,11H,10H2,1-3H3. The van der Waals surface area contributed by atoms with E-state index in [1.54, 1.807) is 13.8 Å². The van der Waals surface area contributed by atoms with Crippen molar-refractivity contribution in [2.75, 3.05) is 0 Å². The molecule has 0 heterocycles. The van der Waals surface area contributed by atoms with Gasteiger partial charge in [0.2, 0.25) is 0 Å². The van der Waals surface area contributed by atoms with Crippen LogP contribution in [0.3, 0.4) is 0 Å². The molecule has 0 saturated carbocycles. The summed E-state index contributed by atoms with van der Waals surface area (Å²) in [7, 11) is 0. The van der Waals surface area contributed by atoms with E-state index < -0.39 is 5.41 Å². The van der Waals surface area contributed by atoms with Gasteiger partial charge in [-0.1, -0.05) is 36.4 Å². The lowest BCUT2D eigenvalue weighted by molar-refractivity contribution is -0.131. The fraction of sp³-hybridized carbons (Fsp3) is 0.333. The van der Waals surface area contributed by atoms with Crippen LogP contribution in [-0.2, 0) is 9.59 Å². The molecule has 0 fully saturated rings. The van der Waals surface area contributed by atoms with E-state index in [-0.39, 0.29) is 5.78 Å². The second-order valence-corrected chi connectivity index (χ2v) is 4.62. The first-order valence-corrected chi connectivity index (χ1v) is 5.71. The van der Waals surface area contributed by atoms with Crippen molar-refractivity contribution >= 4 is 17.6 Å². The molecule has 1 aromatic rings. The monoisotopic (exact) mass is 230 g/mol. The number of hydrogen-bond donors (Lipinski definition) is 0. The maximum Gasteiger partial charge on any atom is 0.149 e. The normalized spacial score (nSPS) is 12.3. The van der Waals surface area contributed by atoms with E-state index in [1.165, 1.54) is 0 Å². The SMILES string of the molecule is CC=C(CC(=O)C(C)(C)C=O)c1ccccc1. The van der Waals surface area contributed by atoms with E-state index in [0.29, 0.717) is 12.7 Å². The predicted octanol–water partition coefficient (Wildman–Crippen LogP) is 3.27. The minimum atomic E-state index is -0.900. The van der Waals surface area contributed by atoms with Crippen LogP contribution in [0.4, 0.5) is 0 Å². The van der Waals surface area contributed by atoms with Crippen molar-refractivity contribution in [2.45, 2.75) is 27.2 Å². The molecule has 0 radical (unpaired) electrons. The van der Waals surface area contributed by atoms with Gasteiger partial charge in [0.15, 0.2) is 0 Å². The Morgan fingerprint density at radius 2 is 1.82 bits per heavy atom. The molecule has 0 aromatic heterocycles. The van der Waals surface area contributed by atoms with E-state index in [1.807, 2.05) is 43.3 Å². The van der Waals surface area contributed by atoms with Gasteiger partial charge in [0.25, 0.3) is 0 Å². The van der Waals surface area contributed by atoms with Gasteiger partial charge in [0.05, 0.1) is 5.41 Å². The van der Waals surface area contributed by atoms with Crippen molar-refractivity contribution in [3.63, 3.8) is 0 Å². The average molecular weight is 230 g/mol. The van der Waals surface area contributed by atoms with Gasteiger partial charge in [-0.3, -0.25) is 4.79 Å². The highest BCUT2D eigenvalue weighted by Gasteiger charge is 2.27. The molecule has 0 atom stereocenters. The lowest BCUT2D eigenvalue weighted by Crippen LogP contribution is -2.25. The first-order valence-electron chi connectivity index (χ1n) is 5.71. The number of benzene rings is 1. The van der Waals surface area contributed by atoms with Gasteiger partial charge in [-0.25, -0.2) is 0 Å². The van der Waals surface area contributed by atoms with Crippen LogP contribution >= 0.6 is 0 Å². The summed E-state index contributed by atoms with van der Waals surface area (Å²) in [6.45, 7) is 5.21. The average Bonchev–Trinajstić information content (AvgIpc) is 2.36. The van der Waals surface area contributed by atoms with Crippen LogP contribution in [0, 0.1) is 5.41 Å². The molecule has 2 heteroatoms. The van der Waals surface area contributed by atoms with Gasteiger partial charge in [-0.2, -0.15) is 0 Å². The molecule has 0 spiro atoms. The van der Waals surface area contributed by atoms with E-state index in [2.05, 4.69) is 0 Å². The highest BCUT2D eigenvalue weighted by atomic mass is 16.1. The Bertz CT molecular complexity index is 427. The molecule has 1 rings (SSSR count). The molecular formula is C15H18O2. The van der Waals surface area contributed by atoms with Crippen molar-refractivity contribution in [2.24, 2.45) is 5.41 Å². The third kappa shape index (κ3) is 3.38. The Morgan fingerprint density at radius 1 is 1.24 bits per heavy atom. The van der Waals surface area contributed by atoms with Crippen LogP contribution in [-0.4, -0.2) is 12.1 Å². The lowest BCUT2D eigenvalue weighted by atomic mass is 9.85. The third-order valence-electron chi connectivity index (χ3n) is 2.86. The summed E-state index contributed by atoms with van der Waals surface area (Å²) in [4.78, 5) is 22.8. The second-order valence-electron chi connectivity index (χ2n) is 4.62. The van der Waals surface area contributed by atoms with Crippen LogP contribution in [0.15, 0.2) is 36.4 Å². The molecule has 1 aromatic carbocycles. The summed E-state index contributed by atoms with van der Waals surface area (Å²) < 4.78 is 0. The first kappa shape index (κ1) is 13.4. The van der Waals surface area contributed by atoms with Crippen molar-refractivity contribution in [3.8, 4) is 0 Å². The number of hydrogen-bond acceptors (Lipinski definition) is 2. The fourth-order valence-corrected chi connectivity index (χ4v) is 1.49. The van der Waals surface area contributed by atoms with Crippen LogP contribution in [0.2, 0.25) is 0 Å². The molecule has 0 N–H and O–H groups in total. The fourth-order valence-electron chi connectivity index (χ4n) is 1.49. The molecule has 0 aliphatic rings. The Morgan fingerprint density at radius 3 is 2.29 bits per heavy atom. The molecule has 17 heavy (non-hydrogen) atoms.